The number of hydrogen-bond acceptors (Lipinski definition) is 1. The van der Waals surface area contributed by atoms with Gasteiger partial charge in [0.2, 0.25) is 0 Å². The molecule has 0 saturated carbocycles. The van der Waals surface area contributed by atoms with Crippen molar-refractivity contribution >= 4 is 11.8 Å². The van der Waals surface area contributed by atoms with Gasteiger partial charge >= 0.3 is 0 Å². The van der Waals surface area contributed by atoms with Crippen molar-refractivity contribution in [3.63, 3.8) is 0 Å². The van der Waals surface area contributed by atoms with Crippen molar-refractivity contribution in [3.05, 3.63) is 35.2 Å². The van der Waals surface area contributed by atoms with E-state index in [2.05, 4.69) is 13.8 Å². The van der Waals surface area contributed by atoms with Crippen LogP contribution in [0.2, 0.25) is 0 Å². The lowest BCUT2D eigenvalue weighted by molar-refractivity contribution is 0.618. The molecule has 0 atom stereocenters. The molecule has 0 spiro atoms. The maximum absolute atomic E-state index is 13.5. The van der Waals surface area contributed by atoms with Crippen molar-refractivity contribution < 1.29 is 4.39 Å². The van der Waals surface area contributed by atoms with E-state index in [-0.39, 0.29) is 16.9 Å². The largest absolute Gasteiger partial charge is 0.396 e. The number of allylic oxidation sites excluding steroid dienone is 1. The Morgan fingerprint density at radius 3 is 2.69 bits per heavy atom. The first-order chi connectivity index (χ1) is 6.02. The lowest BCUT2D eigenvalue weighted by Gasteiger charge is -2.17. The van der Waals surface area contributed by atoms with E-state index in [1.165, 1.54) is 0 Å². The summed E-state index contributed by atoms with van der Waals surface area (Å²) >= 11 is 0. The first-order valence-electron chi connectivity index (χ1n) is 4.30. The Balaban J connectivity index is 2.71. The van der Waals surface area contributed by atoms with E-state index in [9.17, 15) is 4.39 Å². The Kier molecular flexibility index (Phi) is 1.50. The van der Waals surface area contributed by atoms with Crippen LogP contribution < -0.4 is 5.73 Å². The molecular formula is C11H12FN. The maximum atomic E-state index is 13.5. The smallest absolute Gasteiger partial charge is 0.153 e. The molecule has 2 heteroatoms. The second-order valence-corrected chi connectivity index (χ2v) is 3.99. The van der Waals surface area contributed by atoms with Gasteiger partial charge in [0.1, 0.15) is 0 Å². The minimum absolute atomic E-state index is 0.0656. The number of fused-ring (bicyclic) bond motifs is 1. The highest BCUT2D eigenvalue weighted by atomic mass is 19.1. The van der Waals surface area contributed by atoms with E-state index < -0.39 is 0 Å². The van der Waals surface area contributed by atoms with Crippen LogP contribution in [0, 0.1) is 5.82 Å². The molecule has 13 heavy (non-hydrogen) atoms. The molecule has 1 aromatic rings. The molecule has 0 radical (unpaired) electrons. The van der Waals surface area contributed by atoms with Gasteiger partial charge in [-0.1, -0.05) is 32.1 Å². The number of nitrogen functional groups attached to an aromatic ring is 1. The summed E-state index contributed by atoms with van der Waals surface area (Å²) in [5, 5.41) is 0. The summed E-state index contributed by atoms with van der Waals surface area (Å²) in [5.74, 6) is -0.292. The molecule has 0 heterocycles. The van der Waals surface area contributed by atoms with Crippen LogP contribution in [0.25, 0.3) is 6.08 Å². The van der Waals surface area contributed by atoms with Crippen molar-refractivity contribution in [1.82, 2.24) is 0 Å². The monoisotopic (exact) mass is 177 g/mol. The highest BCUT2D eigenvalue weighted by Crippen LogP contribution is 2.37. The summed E-state index contributed by atoms with van der Waals surface area (Å²) in [6, 6.07) is 3.52. The van der Waals surface area contributed by atoms with Gasteiger partial charge in [-0.3, -0.25) is 0 Å². The molecule has 2 rings (SSSR count). The van der Waals surface area contributed by atoms with Gasteiger partial charge in [-0.15, -0.1) is 0 Å². The van der Waals surface area contributed by atoms with Gasteiger partial charge in [-0.05, 0) is 11.6 Å². The third-order valence-corrected chi connectivity index (χ3v) is 2.57. The fourth-order valence-corrected chi connectivity index (χ4v) is 1.72. The number of anilines is 1. The fraction of sp³-hybridized carbons (Fsp3) is 0.273. The van der Waals surface area contributed by atoms with Gasteiger partial charge in [0.15, 0.2) is 5.82 Å². The fourth-order valence-electron chi connectivity index (χ4n) is 1.72. The molecule has 0 unspecified atom stereocenters. The third kappa shape index (κ3) is 1.05. The average molecular weight is 177 g/mol. The Morgan fingerprint density at radius 2 is 2.00 bits per heavy atom. The van der Waals surface area contributed by atoms with Gasteiger partial charge in [0, 0.05) is 11.0 Å². The van der Waals surface area contributed by atoms with Crippen LogP contribution in [0.4, 0.5) is 10.1 Å². The van der Waals surface area contributed by atoms with Crippen molar-refractivity contribution in [2.75, 3.05) is 5.73 Å². The zero-order valence-corrected chi connectivity index (χ0v) is 7.76. The number of nitrogens with two attached hydrogens (primary N) is 1. The summed E-state index contributed by atoms with van der Waals surface area (Å²) < 4.78 is 13.5. The molecular weight excluding hydrogens is 165 g/mol. The van der Waals surface area contributed by atoms with Gasteiger partial charge in [-0.2, -0.15) is 0 Å². The minimum Gasteiger partial charge on any atom is -0.396 e. The van der Waals surface area contributed by atoms with E-state index >= 15 is 0 Å². The highest BCUT2D eigenvalue weighted by Gasteiger charge is 2.27. The number of hydrogen-bond donors (Lipinski definition) is 1. The van der Waals surface area contributed by atoms with E-state index in [0.29, 0.717) is 5.56 Å². The summed E-state index contributed by atoms with van der Waals surface area (Å²) in [5.41, 5.74) is 7.29. The van der Waals surface area contributed by atoms with Gasteiger partial charge in [0.25, 0.3) is 0 Å². The molecule has 0 saturated heterocycles. The lowest BCUT2D eigenvalue weighted by Crippen LogP contribution is -2.11. The van der Waals surface area contributed by atoms with E-state index in [1.807, 2.05) is 12.1 Å². The van der Waals surface area contributed by atoms with E-state index in [1.54, 1.807) is 12.1 Å². The standard InChI is InChI=1S/C11H12FN/c1-11(2)6-5-7-8(11)3-4-9(13)10(7)12/h3-6H,13H2,1-2H3. The summed E-state index contributed by atoms with van der Waals surface area (Å²) in [6.07, 6.45) is 3.81. The van der Waals surface area contributed by atoms with E-state index in [0.717, 1.165) is 5.56 Å². The minimum atomic E-state index is -0.292. The third-order valence-electron chi connectivity index (χ3n) is 2.57. The normalized spacial score (nSPS) is 17.5. The molecule has 1 nitrogen and oxygen atoms in total. The predicted octanol–water partition coefficient (Wildman–Crippen LogP) is 2.71. The summed E-state index contributed by atoms with van der Waals surface area (Å²) in [7, 11) is 0. The molecule has 1 aliphatic rings. The Hall–Kier alpha value is -1.31. The van der Waals surface area contributed by atoms with Gasteiger partial charge < -0.3 is 5.73 Å². The Bertz CT molecular complexity index is 391. The Labute approximate surface area is 77.1 Å². The maximum Gasteiger partial charge on any atom is 0.153 e. The van der Waals surface area contributed by atoms with Crippen molar-refractivity contribution in [2.45, 2.75) is 19.3 Å². The molecule has 2 N–H and O–H groups in total. The number of halogens is 1. The van der Waals surface area contributed by atoms with Crippen LogP contribution in [0.1, 0.15) is 25.0 Å². The molecule has 0 aromatic heterocycles. The molecule has 0 aliphatic heterocycles. The molecule has 1 aromatic carbocycles. The average Bonchev–Trinajstić information content (AvgIpc) is 2.35. The molecule has 0 amide bonds. The predicted molar refractivity (Wildman–Crippen MR) is 52.9 cm³/mol. The highest BCUT2D eigenvalue weighted by molar-refractivity contribution is 5.68. The van der Waals surface area contributed by atoms with Crippen LogP contribution in [0.15, 0.2) is 18.2 Å². The molecule has 68 valence electrons. The number of rotatable bonds is 0. The first kappa shape index (κ1) is 8.30. The van der Waals surface area contributed by atoms with Crippen LogP contribution in [0.3, 0.4) is 0 Å². The topological polar surface area (TPSA) is 26.0 Å². The quantitative estimate of drug-likeness (QED) is 0.606. The zero-order chi connectivity index (χ0) is 9.64. The SMILES string of the molecule is CC1(C)C=Cc2c1ccc(N)c2F. The van der Waals surface area contributed by atoms with Crippen molar-refractivity contribution in [1.29, 1.82) is 0 Å². The zero-order valence-electron chi connectivity index (χ0n) is 7.76. The van der Waals surface area contributed by atoms with Gasteiger partial charge in [0.05, 0.1) is 5.69 Å². The molecule has 0 fully saturated rings. The summed E-state index contributed by atoms with van der Waals surface area (Å²) in [6.45, 7) is 4.12. The second kappa shape index (κ2) is 2.34. The first-order valence-corrected chi connectivity index (χ1v) is 4.30. The van der Waals surface area contributed by atoms with Crippen LogP contribution in [0.5, 0.6) is 0 Å². The van der Waals surface area contributed by atoms with Crippen molar-refractivity contribution in [3.8, 4) is 0 Å². The lowest BCUT2D eigenvalue weighted by atomic mass is 9.87. The van der Waals surface area contributed by atoms with Crippen LogP contribution >= 0.6 is 0 Å². The van der Waals surface area contributed by atoms with Crippen molar-refractivity contribution in [2.24, 2.45) is 0 Å². The number of benzene rings is 1. The Morgan fingerprint density at radius 1 is 1.31 bits per heavy atom. The molecule has 1 aliphatic carbocycles. The van der Waals surface area contributed by atoms with Gasteiger partial charge in [-0.25, -0.2) is 4.39 Å². The molecule has 0 bridgehead atoms. The summed E-state index contributed by atoms with van der Waals surface area (Å²) in [4.78, 5) is 0. The van der Waals surface area contributed by atoms with Crippen LogP contribution in [-0.4, -0.2) is 0 Å². The van der Waals surface area contributed by atoms with E-state index in [4.69, 9.17) is 5.73 Å². The second-order valence-electron chi connectivity index (χ2n) is 3.99. The van der Waals surface area contributed by atoms with Crippen LogP contribution in [-0.2, 0) is 5.41 Å².